The SMILES string of the molecule is NCCNc1nnc(-c2ccc(F)cc2)c2ccccc12. The molecule has 3 aromatic rings. The Balaban J connectivity index is 2.14. The molecule has 3 rings (SSSR count). The predicted molar refractivity (Wildman–Crippen MR) is 82.5 cm³/mol. The lowest BCUT2D eigenvalue weighted by molar-refractivity contribution is 0.628. The fourth-order valence-electron chi connectivity index (χ4n) is 2.25. The van der Waals surface area contributed by atoms with Crippen molar-refractivity contribution in [3.05, 3.63) is 54.3 Å². The summed E-state index contributed by atoms with van der Waals surface area (Å²) in [6.45, 7) is 1.16. The van der Waals surface area contributed by atoms with Gasteiger partial charge in [0.1, 0.15) is 11.5 Å². The van der Waals surface area contributed by atoms with Gasteiger partial charge in [0.05, 0.1) is 0 Å². The Bertz CT molecular complexity index is 756. The van der Waals surface area contributed by atoms with Crippen molar-refractivity contribution in [3.8, 4) is 11.3 Å². The zero-order valence-electron chi connectivity index (χ0n) is 11.4. The molecule has 0 aliphatic heterocycles. The average molecular weight is 282 g/mol. The van der Waals surface area contributed by atoms with Crippen molar-refractivity contribution in [1.82, 2.24) is 10.2 Å². The molecule has 0 spiro atoms. The van der Waals surface area contributed by atoms with Crippen LogP contribution in [0.4, 0.5) is 10.2 Å². The van der Waals surface area contributed by atoms with E-state index in [1.807, 2.05) is 24.3 Å². The van der Waals surface area contributed by atoms with Gasteiger partial charge in [0, 0.05) is 29.4 Å². The van der Waals surface area contributed by atoms with E-state index < -0.39 is 0 Å². The Morgan fingerprint density at radius 1 is 0.952 bits per heavy atom. The third-order valence-electron chi connectivity index (χ3n) is 3.24. The maximum atomic E-state index is 13.1. The summed E-state index contributed by atoms with van der Waals surface area (Å²) in [5.41, 5.74) is 7.09. The van der Waals surface area contributed by atoms with Gasteiger partial charge in [0.2, 0.25) is 0 Å². The summed E-state index contributed by atoms with van der Waals surface area (Å²) in [6, 6.07) is 14.1. The number of nitrogens with zero attached hydrogens (tertiary/aromatic N) is 2. The minimum atomic E-state index is -0.266. The van der Waals surface area contributed by atoms with Crippen LogP contribution in [0.2, 0.25) is 0 Å². The number of anilines is 1. The molecule has 0 radical (unpaired) electrons. The van der Waals surface area contributed by atoms with Gasteiger partial charge in [-0.15, -0.1) is 10.2 Å². The zero-order valence-corrected chi connectivity index (χ0v) is 11.4. The highest BCUT2D eigenvalue weighted by Gasteiger charge is 2.10. The van der Waals surface area contributed by atoms with E-state index in [-0.39, 0.29) is 5.82 Å². The Morgan fingerprint density at radius 2 is 1.67 bits per heavy atom. The molecule has 1 heterocycles. The second-order valence-electron chi connectivity index (χ2n) is 4.67. The average Bonchev–Trinajstić information content (AvgIpc) is 2.53. The van der Waals surface area contributed by atoms with Gasteiger partial charge in [0.25, 0.3) is 0 Å². The van der Waals surface area contributed by atoms with Crippen LogP contribution in [0.3, 0.4) is 0 Å². The number of benzene rings is 2. The van der Waals surface area contributed by atoms with E-state index in [2.05, 4.69) is 15.5 Å². The molecule has 2 aromatic carbocycles. The normalized spacial score (nSPS) is 10.8. The molecule has 5 heteroatoms. The van der Waals surface area contributed by atoms with Gasteiger partial charge in [0.15, 0.2) is 5.82 Å². The highest BCUT2D eigenvalue weighted by Crippen LogP contribution is 2.29. The number of rotatable bonds is 4. The molecule has 0 aliphatic rings. The minimum absolute atomic E-state index is 0.266. The van der Waals surface area contributed by atoms with Crippen LogP contribution in [0.15, 0.2) is 48.5 Å². The van der Waals surface area contributed by atoms with Crippen LogP contribution in [0.5, 0.6) is 0 Å². The molecule has 0 saturated heterocycles. The first-order valence-electron chi connectivity index (χ1n) is 6.75. The van der Waals surface area contributed by atoms with Gasteiger partial charge in [-0.1, -0.05) is 24.3 Å². The van der Waals surface area contributed by atoms with Crippen molar-refractivity contribution in [1.29, 1.82) is 0 Å². The van der Waals surface area contributed by atoms with Gasteiger partial charge in [-0.05, 0) is 24.3 Å². The van der Waals surface area contributed by atoms with E-state index >= 15 is 0 Å². The quantitative estimate of drug-likeness (QED) is 0.772. The highest BCUT2D eigenvalue weighted by atomic mass is 19.1. The third-order valence-corrected chi connectivity index (χ3v) is 3.24. The minimum Gasteiger partial charge on any atom is -0.367 e. The van der Waals surface area contributed by atoms with Gasteiger partial charge in [-0.3, -0.25) is 0 Å². The van der Waals surface area contributed by atoms with E-state index in [0.717, 1.165) is 22.0 Å². The van der Waals surface area contributed by atoms with Crippen molar-refractivity contribution in [2.24, 2.45) is 5.73 Å². The van der Waals surface area contributed by atoms with Crippen molar-refractivity contribution < 1.29 is 4.39 Å². The number of hydrogen-bond acceptors (Lipinski definition) is 4. The molecule has 3 N–H and O–H groups in total. The van der Waals surface area contributed by atoms with Crippen LogP contribution in [-0.4, -0.2) is 23.3 Å². The van der Waals surface area contributed by atoms with E-state index in [1.165, 1.54) is 12.1 Å². The Hall–Kier alpha value is -2.53. The second kappa shape index (κ2) is 5.85. The molecular formula is C16H15FN4. The monoisotopic (exact) mass is 282 g/mol. The van der Waals surface area contributed by atoms with Crippen LogP contribution >= 0.6 is 0 Å². The molecule has 4 nitrogen and oxygen atoms in total. The van der Waals surface area contributed by atoms with Crippen LogP contribution < -0.4 is 11.1 Å². The zero-order chi connectivity index (χ0) is 14.7. The summed E-state index contributed by atoms with van der Waals surface area (Å²) in [5.74, 6) is 0.444. The first-order chi connectivity index (χ1) is 10.3. The highest BCUT2D eigenvalue weighted by molar-refractivity contribution is 5.99. The van der Waals surface area contributed by atoms with E-state index in [9.17, 15) is 4.39 Å². The lowest BCUT2D eigenvalue weighted by Gasteiger charge is -2.10. The first kappa shape index (κ1) is 13.5. The number of hydrogen-bond donors (Lipinski definition) is 2. The number of nitrogens with one attached hydrogen (secondary N) is 1. The van der Waals surface area contributed by atoms with E-state index in [4.69, 9.17) is 5.73 Å². The second-order valence-corrected chi connectivity index (χ2v) is 4.67. The number of halogens is 1. The van der Waals surface area contributed by atoms with Crippen molar-refractivity contribution in [2.45, 2.75) is 0 Å². The fourth-order valence-corrected chi connectivity index (χ4v) is 2.25. The summed E-state index contributed by atoms with van der Waals surface area (Å²) in [4.78, 5) is 0. The number of nitrogens with two attached hydrogens (primary N) is 1. The van der Waals surface area contributed by atoms with Crippen LogP contribution in [-0.2, 0) is 0 Å². The molecule has 0 saturated carbocycles. The van der Waals surface area contributed by atoms with Crippen LogP contribution in [0.25, 0.3) is 22.0 Å². The van der Waals surface area contributed by atoms with Gasteiger partial charge in [-0.25, -0.2) is 4.39 Å². The Kier molecular flexibility index (Phi) is 3.75. The number of aromatic nitrogens is 2. The summed E-state index contributed by atoms with van der Waals surface area (Å²) in [5, 5.41) is 13.6. The van der Waals surface area contributed by atoms with Crippen LogP contribution in [0.1, 0.15) is 0 Å². The molecule has 0 aliphatic carbocycles. The predicted octanol–water partition coefficient (Wildman–Crippen LogP) is 2.81. The van der Waals surface area contributed by atoms with Crippen molar-refractivity contribution in [3.63, 3.8) is 0 Å². The molecule has 0 unspecified atom stereocenters. The molecule has 1 aromatic heterocycles. The third kappa shape index (κ3) is 2.68. The fraction of sp³-hybridized carbons (Fsp3) is 0.125. The first-order valence-corrected chi connectivity index (χ1v) is 6.75. The van der Waals surface area contributed by atoms with Gasteiger partial charge in [-0.2, -0.15) is 0 Å². The maximum Gasteiger partial charge on any atom is 0.156 e. The van der Waals surface area contributed by atoms with Crippen LogP contribution in [0, 0.1) is 5.82 Å². The Morgan fingerprint density at radius 3 is 2.38 bits per heavy atom. The van der Waals surface area contributed by atoms with E-state index in [0.29, 0.717) is 18.9 Å². The molecule has 0 fully saturated rings. The number of fused-ring (bicyclic) bond motifs is 1. The van der Waals surface area contributed by atoms with Gasteiger partial charge >= 0.3 is 0 Å². The molecule has 106 valence electrons. The lowest BCUT2D eigenvalue weighted by Crippen LogP contribution is -2.14. The Labute approximate surface area is 121 Å². The summed E-state index contributed by atoms with van der Waals surface area (Å²) >= 11 is 0. The van der Waals surface area contributed by atoms with Gasteiger partial charge < -0.3 is 11.1 Å². The molecule has 0 bridgehead atoms. The van der Waals surface area contributed by atoms with E-state index in [1.54, 1.807) is 12.1 Å². The summed E-state index contributed by atoms with van der Waals surface area (Å²) in [7, 11) is 0. The summed E-state index contributed by atoms with van der Waals surface area (Å²) in [6.07, 6.45) is 0. The lowest BCUT2D eigenvalue weighted by atomic mass is 10.0. The standard InChI is InChI=1S/C16H15FN4/c17-12-7-5-11(6-8-12)15-13-3-1-2-4-14(13)16(21-20-15)19-10-9-18/h1-8H,9-10,18H2,(H,19,21). The molecular weight excluding hydrogens is 267 g/mol. The summed E-state index contributed by atoms with van der Waals surface area (Å²) < 4.78 is 13.1. The largest absolute Gasteiger partial charge is 0.367 e. The topological polar surface area (TPSA) is 63.8 Å². The molecule has 0 atom stereocenters. The molecule has 21 heavy (non-hydrogen) atoms. The smallest absolute Gasteiger partial charge is 0.156 e. The van der Waals surface area contributed by atoms with Crippen molar-refractivity contribution >= 4 is 16.6 Å². The van der Waals surface area contributed by atoms with Crippen molar-refractivity contribution in [2.75, 3.05) is 18.4 Å². The molecule has 0 amide bonds. The maximum absolute atomic E-state index is 13.1.